The molecule has 0 radical (unpaired) electrons. The summed E-state index contributed by atoms with van der Waals surface area (Å²) in [6.45, 7) is 2.15. The van der Waals surface area contributed by atoms with Crippen molar-refractivity contribution >= 4 is 11.6 Å². The fraction of sp³-hybridized carbons (Fsp3) is 0.600. The molecule has 0 aliphatic carbocycles. The van der Waals surface area contributed by atoms with Gasteiger partial charge in [0.05, 0.1) is 6.10 Å². The lowest BCUT2D eigenvalue weighted by atomic mass is 10.1. The fourth-order valence-electron chi connectivity index (χ4n) is 0.934. The van der Waals surface area contributed by atoms with E-state index in [1.54, 1.807) is 18.2 Å². The molecule has 0 aliphatic heterocycles. The Morgan fingerprint density at radius 3 is 2.67 bits per heavy atom. The van der Waals surface area contributed by atoms with Crippen LogP contribution in [0.4, 0.5) is 0 Å². The number of rotatable bonds is 6. The average molecular weight is 189 g/mol. The molecule has 1 unspecified atom stereocenters. The summed E-state index contributed by atoms with van der Waals surface area (Å²) in [5.41, 5.74) is 1.43. The summed E-state index contributed by atoms with van der Waals surface area (Å²) in [6.07, 6.45) is 9.23. The number of halogens is 1. The van der Waals surface area contributed by atoms with E-state index < -0.39 is 0 Å². The minimum atomic E-state index is -0.315. The van der Waals surface area contributed by atoms with Gasteiger partial charge < -0.3 is 5.11 Å². The van der Waals surface area contributed by atoms with Crippen LogP contribution < -0.4 is 0 Å². The maximum Gasteiger partial charge on any atom is 0.0723 e. The first kappa shape index (κ1) is 11.7. The lowest BCUT2D eigenvalue weighted by Crippen LogP contribution is -2.00. The largest absolute Gasteiger partial charge is 0.389 e. The van der Waals surface area contributed by atoms with E-state index in [9.17, 15) is 5.11 Å². The quantitative estimate of drug-likeness (QED) is 0.501. The average Bonchev–Trinajstić information content (AvgIpc) is 2.06. The third-order valence-electron chi connectivity index (χ3n) is 1.62. The van der Waals surface area contributed by atoms with Crippen LogP contribution in [0.2, 0.25) is 0 Å². The van der Waals surface area contributed by atoms with Crippen LogP contribution in [0.5, 0.6) is 0 Å². The van der Waals surface area contributed by atoms with Gasteiger partial charge in [-0.25, -0.2) is 0 Å². The molecule has 70 valence electrons. The number of hydrogen-bond donors (Lipinski definition) is 1. The Bertz CT molecular complexity index is 141. The summed E-state index contributed by atoms with van der Waals surface area (Å²) in [5, 5.41) is 9.34. The molecule has 0 spiro atoms. The second kappa shape index (κ2) is 8.82. The molecule has 0 fully saturated rings. The van der Waals surface area contributed by atoms with Gasteiger partial charge in [0.15, 0.2) is 0 Å². The van der Waals surface area contributed by atoms with Gasteiger partial charge >= 0.3 is 0 Å². The second-order valence-electron chi connectivity index (χ2n) is 2.77. The van der Waals surface area contributed by atoms with E-state index in [0.29, 0.717) is 0 Å². The minimum Gasteiger partial charge on any atom is -0.389 e. The monoisotopic (exact) mass is 188 g/mol. The maximum absolute atomic E-state index is 9.34. The first-order chi connectivity index (χ1) is 5.81. The molecule has 0 aromatic carbocycles. The van der Waals surface area contributed by atoms with E-state index in [1.165, 1.54) is 18.4 Å². The van der Waals surface area contributed by atoms with Gasteiger partial charge in [-0.2, -0.15) is 0 Å². The molecule has 1 nitrogen and oxygen atoms in total. The van der Waals surface area contributed by atoms with Crippen LogP contribution >= 0.6 is 11.6 Å². The van der Waals surface area contributed by atoms with Crippen LogP contribution in [0.25, 0.3) is 0 Å². The van der Waals surface area contributed by atoms with Crippen molar-refractivity contribution < 1.29 is 5.11 Å². The van der Waals surface area contributed by atoms with Crippen LogP contribution in [0.3, 0.4) is 0 Å². The van der Waals surface area contributed by atoms with Crippen molar-refractivity contribution in [2.45, 2.75) is 38.7 Å². The summed E-state index contributed by atoms with van der Waals surface area (Å²) in [5.74, 6) is 0. The standard InChI is InChI=1S/C10H17ClO/c1-2-3-4-7-10(12)8-5-6-9-11/h5-6,8-10,12H,2-4,7H2,1H3/b8-5+,9-6+. The van der Waals surface area contributed by atoms with Crippen LogP contribution in [-0.4, -0.2) is 11.2 Å². The number of hydrogen-bond acceptors (Lipinski definition) is 1. The Hall–Kier alpha value is -0.270. The van der Waals surface area contributed by atoms with Crippen molar-refractivity contribution in [2.75, 3.05) is 0 Å². The summed E-state index contributed by atoms with van der Waals surface area (Å²) in [6, 6.07) is 0. The molecular weight excluding hydrogens is 172 g/mol. The van der Waals surface area contributed by atoms with Crippen molar-refractivity contribution in [1.29, 1.82) is 0 Å². The van der Waals surface area contributed by atoms with Crippen molar-refractivity contribution in [3.63, 3.8) is 0 Å². The summed E-state index contributed by atoms with van der Waals surface area (Å²) in [7, 11) is 0. The zero-order valence-corrected chi connectivity index (χ0v) is 8.30. The van der Waals surface area contributed by atoms with Crippen molar-refractivity contribution in [2.24, 2.45) is 0 Å². The molecular formula is C10H17ClO. The zero-order chi connectivity index (χ0) is 9.23. The van der Waals surface area contributed by atoms with E-state index in [4.69, 9.17) is 11.6 Å². The van der Waals surface area contributed by atoms with Gasteiger partial charge in [0, 0.05) is 5.54 Å². The Kier molecular flexibility index (Phi) is 8.62. The molecule has 0 bridgehead atoms. The van der Waals surface area contributed by atoms with Gasteiger partial charge in [-0.1, -0.05) is 56.0 Å². The summed E-state index contributed by atoms with van der Waals surface area (Å²) >= 11 is 5.30. The number of unbranched alkanes of at least 4 members (excludes halogenated alkanes) is 2. The Balaban J connectivity index is 3.38. The smallest absolute Gasteiger partial charge is 0.0723 e. The Morgan fingerprint density at radius 1 is 1.33 bits per heavy atom. The van der Waals surface area contributed by atoms with Crippen molar-refractivity contribution in [1.82, 2.24) is 0 Å². The van der Waals surface area contributed by atoms with E-state index in [0.717, 1.165) is 12.8 Å². The van der Waals surface area contributed by atoms with E-state index in [2.05, 4.69) is 6.92 Å². The molecule has 12 heavy (non-hydrogen) atoms. The molecule has 0 amide bonds. The van der Waals surface area contributed by atoms with E-state index >= 15 is 0 Å². The predicted octanol–water partition coefficient (Wildman–Crippen LogP) is 3.24. The molecule has 0 saturated carbocycles. The van der Waals surface area contributed by atoms with Gasteiger partial charge in [0.2, 0.25) is 0 Å². The zero-order valence-electron chi connectivity index (χ0n) is 7.54. The normalized spacial score (nSPS) is 14.6. The molecule has 0 rings (SSSR count). The van der Waals surface area contributed by atoms with Crippen molar-refractivity contribution in [3.05, 3.63) is 23.8 Å². The molecule has 2 heteroatoms. The highest BCUT2D eigenvalue weighted by Gasteiger charge is 1.96. The molecule has 0 aliphatic rings. The van der Waals surface area contributed by atoms with Crippen LogP contribution in [-0.2, 0) is 0 Å². The summed E-state index contributed by atoms with van der Waals surface area (Å²) in [4.78, 5) is 0. The first-order valence-electron chi connectivity index (χ1n) is 4.43. The highest BCUT2D eigenvalue weighted by atomic mass is 35.5. The molecule has 0 heterocycles. The Labute approximate surface area is 79.7 Å². The SMILES string of the molecule is CCCCCC(O)/C=C/C=C/Cl. The van der Waals surface area contributed by atoms with Crippen LogP contribution in [0, 0.1) is 0 Å². The minimum absolute atomic E-state index is 0.315. The van der Waals surface area contributed by atoms with Gasteiger partial charge in [-0.05, 0) is 6.42 Å². The number of aliphatic hydroxyl groups excluding tert-OH is 1. The van der Waals surface area contributed by atoms with E-state index in [-0.39, 0.29) is 6.10 Å². The third-order valence-corrected chi connectivity index (χ3v) is 1.77. The molecule has 1 N–H and O–H groups in total. The number of allylic oxidation sites excluding steroid dienone is 2. The van der Waals surface area contributed by atoms with Crippen LogP contribution in [0.1, 0.15) is 32.6 Å². The highest BCUT2D eigenvalue weighted by molar-refractivity contribution is 6.25. The van der Waals surface area contributed by atoms with E-state index in [1.807, 2.05) is 0 Å². The fourth-order valence-corrected chi connectivity index (χ4v) is 1.02. The molecule has 0 aromatic heterocycles. The van der Waals surface area contributed by atoms with Crippen LogP contribution in [0.15, 0.2) is 23.8 Å². The summed E-state index contributed by atoms with van der Waals surface area (Å²) < 4.78 is 0. The van der Waals surface area contributed by atoms with Crippen molar-refractivity contribution in [3.8, 4) is 0 Å². The topological polar surface area (TPSA) is 20.2 Å². The first-order valence-corrected chi connectivity index (χ1v) is 4.86. The number of aliphatic hydroxyl groups is 1. The lowest BCUT2D eigenvalue weighted by Gasteiger charge is -2.02. The molecule has 1 atom stereocenters. The van der Waals surface area contributed by atoms with Gasteiger partial charge in [-0.3, -0.25) is 0 Å². The third kappa shape index (κ3) is 7.83. The Morgan fingerprint density at radius 2 is 2.08 bits per heavy atom. The van der Waals surface area contributed by atoms with Gasteiger partial charge in [0.25, 0.3) is 0 Å². The predicted molar refractivity (Wildman–Crippen MR) is 54.3 cm³/mol. The second-order valence-corrected chi connectivity index (χ2v) is 3.02. The molecule has 0 aromatic rings. The van der Waals surface area contributed by atoms with Gasteiger partial charge in [0.1, 0.15) is 0 Å². The highest BCUT2D eigenvalue weighted by Crippen LogP contribution is 2.04. The lowest BCUT2D eigenvalue weighted by molar-refractivity contribution is 0.208. The molecule has 0 saturated heterocycles. The maximum atomic E-state index is 9.34. The van der Waals surface area contributed by atoms with Gasteiger partial charge in [-0.15, -0.1) is 0 Å².